The van der Waals surface area contributed by atoms with E-state index < -0.39 is 21.2 Å². The van der Waals surface area contributed by atoms with E-state index in [9.17, 15) is 22.2 Å². The number of phenols is 1. The van der Waals surface area contributed by atoms with Gasteiger partial charge in [0.25, 0.3) is 0 Å². The van der Waals surface area contributed by atoms with Gasteiger partial charge in [-0.25, -0.2) is 4.79 Å². The fourth-order valence-corrected chi connectivity index (χ4v) is 5.45. The zero-order chi connectivity index (χ0) is 31.6. The first-order valence-electron chi connectivity index (χ1n) is 13.7. The molecular weight excluding hydrogens is 593 g/mol. The van der Waals surface area contributed by atoms with E-state index in [0.29, 0.717) is 44.4 Å². The molecule has 1 atom stereocenters. The average Bonchev–Trinajstić information content (AvgIpc) is 3.04. The van der Waals surface area contributed by atoms with E-state index in [1.165, 1.54) is 12.1 Å². The molecule has 0 amide bonds. The summed E-state index contributed by atoms with van der Waals surface area (Å²) < 4.78 is 36.3. The number of aryl methyl sites for hydroxylation is 1. The molecule has 1 unspecified atom stereocenters. The number of fused-ring (bicyclic) bond motifs is 2. The molecule has 9 nitrogen and oxygen atoms in total. The van der Waals surface area contributed by atoms with E-state index in [0.717, 1.165) is 11.5 Å². The predicted octanol–water partition coefficient (Wildman–Crippen LogP) is 9.16. The lowest BCUT2D eigenvalue weighted by atomic mass is 10.0. The van der Waals surface area contributed by atoms with Gasteiger partial charge < -0.3 is 10.4 Å². The van der Waals surface area contributed by atoms with E-state index in [1.54, 1.807) is 49.4 Å². The molecule has 5 aromatic rings. The SMILES string of the molecule is Cc1ccc(S(=O)(=O)F)cc1N=Nc1ccc(N=Nc2c(O)c(NC3C=CC=CC3=C=O)cc3ccccc23)c2ccccc12. The summed E-state index contributed by atoms with van der Waals surface area (Å²) in [6.45, 7) is 1.72. The molecule has 1 aliphatic rings. The van der Waals surface area contributed by atoms with Gasteiger partial charge in [-0.3, -0.25) is 0 Å². The van der Waals surface area contributed by atoms with Gasteiger partial charge in [0.2, 0.25) is 0 Å². The molecule has 222 valence electrons. The third-order valence-electron chi connectivity index (χ3n) is 7.31. The van der Waals surface area contributed by atoms with Crippen LogP contribution in [0, 0.1) is 6.92 Å². The van der Waals surface area contributed by atoms with Crippen LogP contribution in [0.3, 0.4) is 0 Å². The van der Waals surface area contributed by atoms with Crippen LogP contribution in [0.2, 0.25) is 0 Å². The van der Waals surface area contributed by atoms with Crippen LogP contribution >= 0.6 is 0 Å². The van der Waals surface area contributed by atoms with E-state index in [4.69, 9.17) is 0 Å². The van der Waals surface area contributed by atoms with Crippen LogP contribution in [0.4, 0.5) is 32.3 Å². The van der Waals surface area contributed by atoms with Crippen LogP contribution in [0.1, 0.15) is 5.56 Å². The standard InChI is InChI=1S/C34H24FN5O4S/c1-21-14-15-24(45(35,43)44)19-31(21)39-37-29-16-17-30(27-12-6-5-11-26(27)29)38-40-33-25-10-4-2-8-22(25)18-32(34(33)42)36-28-13-7-3-9-23(28)20-41/h2-19,28,36,42H,1H3. The Morgan fingerprint density at radius 2 is 1.44 bits per heavy atom. The second-order valence-electron chi connectivity index (χ2n) is 10.2. The molecule has 0 radical (unpaired) electrons. The predicted molar refractivity (Wildman–Crippen MR) is 172 cm³/mol. The maximum Gasteiger partial charge on any atom is 0.332 e. The van der Waals surface area contributed by atoms with Crippen molar-refractivity contribution in [1.82, 2.24) is 0 Å². The number of nitrogens with zero attached hydrogens (tertiary/aromatic N) is 4. The summed E-state index contributed by atoms with van der Waals surface area (Å²) in [7, 11) is -4.89. The number of hydrogen-bond acceptors (Lipinski definition) is 9. The maximum atomic E-state index is 13.6. The Kier molecular flexibility index (Phi) is 7.87. The molecule has 2 N–H and O–H groups in total. The van der Waals surface area contributed by atoms with Crippen molar-refractivity contribution in [3.05, 3.63) is 120 Å². The molecule has 0 saturated carbocycles. The fraction of sp³-hybridized carbons (Fsp3) is 0.0588. The highest BCUT2D eigenvalue weighted by molar-refractivity contribution is 7.86. The number of phenolic OH excluding ortho intramolecular Hbond substituents is 1. The van der Waals surface area contributed by atoms with Crippen molar-refractivity contribution in [3.8, 4) is 5.75 Å². The molecule has 0 bridgehead atoms. The lowest BCUT2D eigenvalue weighted by Crippen LogP contribution is -2.20. The topological polar surface area (TPSA) is 133 Å². The van der Waals surface area contributed by atoms with Gasteiger partial charge in [-0.1, -0.05) is 72.8 Å². The first kappa shape index (κ1) is 29.3. The number of azo groups is 2. The van der Waals surface area contributed by atoms with E-state index in [1.807, 2.05) is 54.5 Å². The molecule has 1 aliphatic carbocycles. The normalized spacial score (nSPS) is 15.0. The Balaban J connectivity index is 1.39. The summed E-state index contributed by atoms with van der Waals surface area (Å²) in [4.78, 5) is 11.0. The zero-order valence-corrected chi connectivity index (χ0v) is 24.5. The van der Waals surface area contributed by atoms with Crippen LogP contribution in [0.15, 0.2) is 140 Å². The Morgan fingerprint density at radius 1 is 0.800 bits per heavy atom. The van der Waals surface area contributed by atoms with Crippen LogP contribution in [-0.2, 0) is 15.0 Å². The number of allylic oxidation sites excluding steroid dienone is 2. The number of nitrogens with one attached hydrogen (secondary N) is 1. The van der Waals surface area contributed by atoms with E-state index in [-0.39, 0.29) is 17.1 Å². The molecule has 0 fully saturated rings. The van der Waals surface area contributed by atoms with Gasteiger partial charge in [0.1, 0.15) is 16.5 Å². The minimum absolute atomic E-state index is 0.131. The van der Waals surface area contributed by atoms with Gasteiger partial charge in [-0.15, -0.1) is 19.2 Å². The maximum absolute atomic E-state index is 13.6. The Morgan fingerprint density at radius 3 is 2.13 bits per heavy atom. The van der Waals surface area contributed by atoms with Crippen LogP contribution < -0.4 is 5.32 Å². The lowest BCUT2D eigenvalue weighted by molar-refractivity contribution is 0.479. The highest BCUT2D eigenvalue weighted by Gasteiger charge is 2.19. The first-order valence-corrected chi connectivity index (χ1v) is 15.1. The quantitative estimate of drug-likeness (QED) is 0.0813. The summed E-state index contributed by atoms with van der Waals surface area (Å²) in [6, 6.07) is 23.3. The summed E-state index contributed by atoms with van der Waals surface area (Å²) in [5.41, 5.74) is 2.83. The summed E-state index contributed by atoms with van der Waals surface area (Å²) in [6.07, 6.45) is 7.00. The average molecular weight is 618 g/mol. The molecule has 0 saturated heterocycles. The third-order valence-corrected chi connectivity index (χ3v) is 8.13. The fourth-order valence-electron chi connectivity index (χ4n) is 4.96. The molecular formula is C34H24FN5O4S. The first-order chi connectivity index (χ1) is 21.7. The number of benzene rings is 5. The van der Waals surface area contributed by atoms with Crippen molar-refractivity contribution < 1.29 is 22.2 Å². The number of rotatable bonds is 7. The molecule has 0 heterocycles. The second-order valence-corrected chi connectivity index (χ2v) is 11.5. The number of halogens is 1. The summed E-state index contributed by atoms with van der Waals surface area (Å²) in [5, 5.41) is 34.9. The Bertz CT molecular complexity index is 2270. The third kappa shape index (κ3) is 6.03. The van der Waals surface area contributed by atoms with Gasteiger partial charge in [-0.2, -0.15) is 13.5 Å². The van der Waals surface area contributed by atoms with E-state index in [2.05, 4.69) is 25.8 Å². The molecule has 6 rings (SSSR count). The molecule has 11 heteroatoms. The molecule has 0 spiro atoms. The van der Waals surface area contributed by atoms with Gasteiger partial charge in [0.05, 0.1) is 34.4 Å². The molecule has 45 heavy (non-hydrogen) atoms. The van der Waals surface area contributed by atoms with E-state index >= 15 is 0 Å². The molecule has 0 aliphatic heterocycles. The van der Waals surface area contributed by atoms with Crippen LogP contribution in [0.5, 0.6) is 5.75 Å². The van der Waals surface area contributed by atoms with Crippen molar-refractivity contribution >= 4 is 66.1 Å². The van der Waals surface area contributed by atoms with Crippen molar-refractivity contribution in [2.75, 3.05) is 5.32 Å². The van der Waals surface area contributed by atoms with Gasteiger partial charge >= 0.3 is 10.2 Å². The van der Waals surface area contributed by atoms with Crippen molar-refractivity contribution in [3.63, 3.8) is 0 Å². The molecule has 5 aromatic carbocycles. The number of hydrogen-bond donors (Lipinski definition) is 2. The van der Waals surface area contributed by atoms with Gasteiger partial charge in [0, 0.05) is 16.2 Å². The lowest BCUT2D eigenvalue weighted by Gasteiger charge is -2.19. The monoisotopic (exact) mass is 617 g/mol. The number of carbonyl (C=O) groups excluding carboxylic acids is 1. The Labute approximate surface area is 257 Å². The van der Waals surface area contributed by atoms with Gasteiger partial charge in [0.15, 0.2) is 5.75 Å². The minimum atomic E-state index is -4.89. The number of aromatic hydroxyl groups is 1. The highest BCUT2D eigenvalue weighted by atomic mass is 32.3. The van der Waals surface area contributed by atoms with Gasteiger partial charge in [-0.05, 0) is 54.3 Å². The zero-order valence-electron chi connectivity index (χ0n) is 23.7. The summed E-state index contributed by atoms with van der Waals surface area (Å²) >= 11 is 0. The van der Waals surface area contributed by atoms with Crippen molar-refractivity contribution in [1.29, 1.82) is 0 Å². The number of anilines is 1. The second kappa shape index (κ2) is 12.1. The molecule has 0 aromatic heterocycles. The minimum Gasteiger partial charge on any atom is -0.504 e. The van der Waals surface area contributed by atoms with Crippen LogP contribution in [0.25, 0.3) is 21.5 Å². The van der Waals surface area contributed by atoms with Crippen LogP contribution in [-0.4, -0.2) is 25.5 Å². The van der Waals surface area contributed by atoms with Crippen molar-refractivity contribution in [2.45, 2.75) is 17.9 Å². The van der Waals surface area contributed by atoms with Crippen molar-refractivity contribution in [2.24, 2.45) is 20.5 Å². The largest absolute Gasteiger partial charge is 0.504 e. The summed E-state index contributed by atoms with van der Waals surface area (Å²) in [5.74, 6) is 1.80. The Hall–Kier alpha value is -5.77. The smallest absolute Gasteiger partial charge is 0.332 e. The highest BCUT2D eigenvalue weighted by Crippen LogP contribution is 2.44.